The number of nitrogens with one attached hydrogen (secondary N) is 3. The number of amides is 3. The summed E-state index contributed by atoms with van der Waals surface area (Å²) in [6, 6.07) is 5.92. The van der Waals surface area contributed by atoms with Crippen molar-refractivity contribution in [3.05, 3.63) is 46.9 Å². The minimum absolute atomic E-state index is 0.0458. The molecule has 1 aliphatic carbocycles. The lowest BCUT2D eigenvalue weighted by Gasteiger charge is -2.30. The van der Waals surface area contributed by atoms with E-state index in [1.165, 1.54) is 6.33 Å². The molecule has 3 aliphatic rings. The van der Waals surface area contributed by atoms with E-state index in [0.29, 0.717) is 37.7 Å². The van der Waals surface area contributed by atoms with Crippen molar-refractivity contribution in [3.63, 3.8) is 0 Å². The molecule has 2 fully saturated rings. The number of urea groups is 1. The van der Waals surface area contributed by atoms with Gasteiger partial charge in [0.05, 0.1) is 25.5 Å². The summed E-state index contributed by atoms with van der Waals surface area (Å²) in [6.07, 6.45) is 4.30. The highest BCUT2D eigenvalue weighted by Crippen LogP contribution is 2.28. The maximum absolute atomic E-state index is 12.7. The number of carbonyl (C=O) groups is 2. The molecule has 0 unspecified atom stereocenters. The fourth-order valence-electron chi connectivity index (χ4n) is 4.41. The fraction of sp³-hybridized carbons (Fsp3) is 0.520. The molecule has 1 aromatic heterocycles. The van der Waals surface area contributed by atoms with E-state index in [4.69, 9.17) is 4.74 Å². The minimum atomic E-state index is -0.0674. The Balaban J connectivity index is 1.21. The average Bonchev–Trinajstić information content (AvgIpc) is 3.69. The average molecular weight is 480 g/mol. The van der Waals surface area contributed by atoms with Crippen LogP contribution in [-0.2, 0) is 17.7 Å². The molecule has 0 bridgehead atoms. The summed E-state index contributed by atoms with van der Waals surface area (Å²) in [5, 5.41) is 9.48. The smallest absolute Gasteiger partial charge is 0.317 e. The Kier molecular flexibility index (Phi) is 7.10. The Labute approximate surface area is 205 Å². The van der Waals surface area contributed by atoms with Crippen molar-refractivity contribution in [1.29, 1.82) is 0 Å². The van der Waals surface area contributed by atoms with E-state index in [0.717, 1.165) is 74.0 Å². The number of rotatable bonds is 7. The number of aromatic nitrogens is 2. The van der Waals surface area contributed by atoms with Gasteiger partial charge in [0.1, 0.15) is 12.1 Å². The summed E-state index contributed by atoms with van der Waals surface area (Å²) in [5.41, 5.74) is 4.36. The fourth-order valence-corrected chi connectivity index (χ4v) is 4.41. The molecule has 186 valence electrons. The molecule has 1 saturated heterocycles. The molecule has 10 nitrogen and oxygen atoms in total. The van der Waals surface area contributed by atoms with Gasteiger partial charge in [-0.1, -0.05) is 6.07 Å². The predicted molar refractivity (Wildman–Crippen MR) is 132 cm³/mol. The van der Waals surface area contributed by atoms with Crippen molar-refractivity contribution < 1.29 is 14.3 Å². The number of aryl methyl sites for hydroxylation is 1. The molecule has 0 radical (unpaired) electrons. The highest BCUT2D eigenvalue weighted by atomic mass is 16.5. The summed E-state index contributed by atoms with van der Waals surface area (Å²) in [6.45, 7) is 7.81. The van der Waals surface area contributed by atoms with Gasteiger partial charge in [0.15, 0.2) is 0 Å². The zero-order chi connectivity index (χ0) is 24.2. The van der Waals surface area contributed by atoms with Crippen molar-refractivity contribution in [1.82, 2.24) is 30.4 Å². The number of morpholine rings is 1. The largest absolute Gasteiger partial charge is 0.379 e. The van der Waals surface area contributed by atoms with Crippen LogP contribution in [0.3, 0.4) is 0 Å². The lowest BCUT2D eigenvalue weighted by molar-refractivity contribution is 0.0385. The molecule has 35 heavy (non-hydrogen) atoms. The molecule has 2 aromatic rings. The standard InChI is InChI=1S/C25H33N7O3/c1-17-2-3-18(24(33)29-19-4-5-19)14-21(17)30-23-20-6-8-32(15-22(20)27-16-28-23)25(34)26-7-9-31-10-12-35-13-11-31/h2-3,14,16,19H,4-13,15H2,1H3,(H,26,34)(H,29,33)(H,27,28,30). The lowest BCUT2D eigenvalue weighted by Crippen LogP contribution is -2.46. The van der Waals surface area contributed by atoms with Gasteiger partial charge in [0.2, 0.25) is 0 Å². The molecule has 3 amide bonds. The maximum Gasteiger partial charge on any atom is 0.317 e. The molecule has 10 heteroatoms. The van der Waals surface area contributed by atoms with Crippen LogP contribution in [0.2, 0.25) is 0 Å². The Morgan fingerprint density at radius 1 is 1.14 bits per heavy atom. The van der Waals surface area contributed by atoms with Gasteiger partial charge in [-0.15, -0.1) is 0 Å². The number of ether oxygens (including phenoxy) is 1. The van der Waals surface area contributed by atoms with E-state index in [9.17, 15) is 9.59 Å². The number of carbonyl (C=O) groups excluding carboxylic acids is 2. The number of anilines is 2. The Bertz CT molecular complexity index is 1080. The lowest BCUT2D eigenvalue weighted by atomic mass is 10.0. The molecule has 2 aliphatic heterocycles. The number of hydrogen-bond acceptors (Lipinski definition) is 7. The zero-order valence-corrected chi connectivity index (χ0v) is 20.2. The first-order valence-electron chi connectivity index (χ1n) is 12.4. The summed E-state index contributed by atoms with van der Waals surface area (Å²) in [4.78, 5) is 38.2. The van der Waals surface area contributed by atoms with Crippen LogP contribution in [0.4, 0.5) is 16.3 Å². The molecular weight excluding hydrogens is 446 g/mol. The molecule has 5 rings (SSSR count). The molecule has 1 aromatic carbocycles. The van der Waals surface area contributed by atoms with Crippen LogP contribution in [-0.4, -0.2) is 83.7 Å². The van der Waals surface area contributed by atoms with Crippen molar-refractivity contribution in [2.24, 2.45) is 0 Å². The van der Waals surface area contributed by atoms with E-state index >= 15 is 0 Å². The molecule has 1 saturated carbocycles. The summed E-state index contributed by atoms with van der Waals surface area (Å²) >= 11 is 0. The van der Waals surface area contributed by atoms with Crippen LogP contribution in [0.15, 0.2) is 24.5 Å². The van der Waals surface area contributed by atoms with Gasteiger partial charge in [-0.2, -0.15) is 0 Å². The van der Waals surface area contributed by atoms with Crippen LogP contribution in [0.5, 0.6) is 0 Å². The molecule has 0 spiro atoms. The van der Waals surface area contributed by atoms with E-state index in [-0.39, 0.29) is 11.9 Å². The Morgan fingerprint density at radius 3 is 2.77 bits per heavy atom. The van der Waals surface area contributed by atoms with Crippen LogP contribution in [0.25, 0.3) is 0 Å². The third kappa shape index (κ3) is 5.88. The second-order valence-corrected chi connectivity index (χ2v) is 9.41. The van der Waals surface area contributed by atoms with Gasteiger partial charge in [0.25, 0.3) is 5.91 Å². The zero-order valence-electron chi connectivity index (χ0n) is 20.2. The van der Waals surface area contributed by atoms with E-state index in [1.807, 2.05) is 25.1 Å². The van der Waals surface area contributed by atoms with Crippen LogP contribution < -0.4 is 16.0 Å². The topological polar surface area (TPSA) is 112 Å². The molecule has 3 heterocycles. The molecule has 3 N–H and O–H groups in total. The Hall–Kier alpha value is -3.24. The van der Waals surface area contributed by atoms with E-state index in [2.05, 4.69) is 30.8 Å². The first kappa shape index (κ1) is 23.5. The number of benzene rings is 1. The Morgan fingerprint density at radius 2 is 1.97 bits per heavy atom. The second-order valence-electron chi connectivity index (χ2n) is 9.41. The number of fused-ring (bicyclic) bond motifs is 1. The van der Waals surface area contributed by atoms with Gasteiger partial charge in [-0.05, 0) is 43.9 Å². The quantitative estimate of drug-likeness (QED) is 0.555. The van der Waals surface area contributed by atoms with Crippen molar-refractivity contribution in [2.75, 3.05) is 51.3 Å². The minimum Gasteiger partial charge on any atom is -0.379 e. The van der Waals surface area contributed by atoms with Gasteiger partial charge >= 0.3 is 6.03 Å². The highest BCUT2D eigenvalue weighted by molar-refractivity contribution is 5.96. The van der Waals surface area contributed by atoms with Crippen LogP contribution >= 0.6 is 0 Å². The van der Waals surface area contributed by atoms with Crippen LogP contribution in [0.1, 0.15) is 40.0 Å². The third-order valence-electron chi connectivity index (χ3n) is 6.77. The summed E-state index contributed by atoms with van der Waals surface area (Å²) in [7, 11) is 0. The van der Waals surface area contributed by atoms with Crippen molar-refractivity contribution >= 4 is 23.4 Å². The normalized spacial score (nSPS) is 18.0. The van der Waals surface area contributed by atoms with Gasteiger partial charge < -0.3 is 25.6 Å². The highest BCUT2D eigenvalue weighted by Gasteiger charge is 2.26. The van der Waals surface area contributed by atoms with Gasteiger partial charge in [0, 0.05) is 55.6 Å². The van der Waals surface area contributed by atoms with Gasteiger partial charge in [-0.25, -0.2) is 14.8 Å². The monoisotopic (exact) mass is 479 g/mol. The number of nitrogens with zero attached hydrogens (tertiary/aromatic N) is 4. The summed E-state index contributed by atoms with van der Waals surface area (Å²) < 4.78 is 5.37. The van der Waals surface area contributed by atoms with E-state index < -0.39 is 0 Å². The molecular formula is C25H33N7O3. The third-order valence-corrected chi connectivity index (χ3v) is 6.77. The SMILES string of the molecule is Cc1ccc(C(=O)NC2CC2)cc1Nc1ncnc2c1CCN(C(=O)NCCN1CCOCC1)C2. The summed E-state index contributed by atoms with van der Waals surface area (Å²) in [5.74, 6) is 0.681. The van der Waals surface area contributed by atoms with Crippen LogP contribution in [0, 0.1) is 6.92 Å². The van der Waals surface area contributed by atoms with Crippen molar-refractivity contribution in [2.45, 2.75) is 38.8 Å². The predicted octanol–water partition coefficient (Wildman–Crippen LogP) is 1.82. The first-order chi connectivity index (χ1) is 17.1. The van der Waals surface area contributed by atoms with E-state index in [1.54, 1.807) is 4.90 Å². The second kappa shape index (κ2) is 10.6. The maximum atomic E-state index is 12.7. The van der Waals surface area contributed by atoms with Crippen molar-refractivity contribution in [3.8, 4) is 0 Å². The molecule has 0 atom stereocenters. The number of hydrogen-bond donors (Lipinski definition) is 3. The first-order valence-corrected chi connectivity index (χ1v) is 12.4. The van der Waals surface area contributed by atoms with Gasteiger partial charge in [-0.3, -0.25) is 9.69 Å².